The largest absolute Gasteiger partial charge is 0.450 e. The van der Waals surface area contributed by atoms with Gasteiger partial charge in [0.2, 0.25) is 5.75 Å². The first-order valence-corrected chi connectivity index (χ1v) is 11.3. The van der Waals surface area contributed by atoms with Gasteiger partial charge in [-0.15, -0.1) is 0 Å². The van der Waals surface area contributed by atoms with Gasteiger partial charge in [0.25, 0.3) is 5.56 Å². The Bertz CT molecular complexity index is 1310. The molecule has 1 heterocycles. The molecule has 0 unspecified atom stereocenters. The van der Waals surface area contributed by atoms with Gasteiger partial charge in [-0.25, -0.2) is 4.98 Å². The molecule has 3 rings (SSSR count). The van der Waals surface area contributed by atoms with E-state index in [9.17, 15) is 10.1 Å². The molecule has 2 aromatic carbocycles. The number of hydrogen-bond acceptors (Lipinski definition) is 4. The first-order valence-electron chi connectivity index (χ1n) is 11.3. The van der Waals surface area contributed by atoms with Gasteiger partial charge in [0.05, 0.1) is 23.9 Å². The molecule has 0 amide bonds. The summed E-state index contributed by atoms with van der Waals surface area (Å²) < 4.78 is 7.62. The van der Waals surface area contributed by atoms with Crippen LogP contribution in [0.25, 0.3) is 5.57 Å². The number of hydrogen-bond donors (Lipinski definition) is 0. The minimum absolute atomic E-state index is 0.199. The lowest BCUT2D eigenvalue weighted by Gasteiger charge is -2.16. The minimum Gasteiger partial charge on any atom is -0.450 e. The molecule has 34 heavy (non-hydrogen) atoms. The molecule has 172 valence electrons. The minimum atomic E-state index is -0.199. The van der Waals surface area contributed by atoms with Crippen molar-refractivity contribution in [2.75, 3.05) is 0 Å². The van der Waals surface area contributed by atoms with Crippen molar-refractivity contribution in [2.45, 2.75) is 40.2 Å². The van der Waals surface area contributed by atoms with Crippen LogP contribution in [0.3, 0.4) is 0 Å². The van der Waals surface area contributed by atoms with Crippen molar-refractivity contribution in [3.05, 3.63) is 118 Å². The lowest BCUT2D eigenvalue weighted by molar-refractivity contribution is 0.454. The van der Waals surface area contributed by atoms with Crippen molar-refractivity contribution >= 4 is 5.57 Å². The van der Waals surface area contributed by atoms with Gasteiger partial charge in [0, 0.05) is 6.42 Å². The summed E-state index contributed by atoms with van der Waals surface area (Å²) in [5.41, 5.74) is 3.40. The highest BCUT2D eigenvalue weighted by atomic mass is 16.5. The predicted molar refractivity (Wildman–Crippen MR) is 137 cm³/mol. The van der Waals surface area contributed by atoms with Crippen LogP contribution < -0.4 is 10.3 Å². The fourth-order valence-corrected chi connectivity index (χ4v) is 3.60. The van der Waals surface area contributed by atoms with Crippen LogP contribution in [-0.4, -0.2) is 9.55 Å². The Balaban J connectivity index is 1.98. The van der Waals surface area contributed by atoms with Crippen molar-refractivity contribution in [2.24, 2.45) is 0 Å². The third-order valence-corrected chi connectivity index (χ3v) is 5.33. The van der Waals surface area contributed by atoms with Crippen molar-refractivity contribution < 1.29 is 4.74 Å². The zero-order valence-electron chi connectivity index (χ0n) is 19.9. The number of aryl methyl sites for hydroxylation is 2. The highest BCUT2D eigenvalue weighted by Crippen LogP contribution is 2.24. The zero-order valence-corrected chi connectivity index (χ0v) is 19.9. The van der Waals surface area contributed by atoms with Crippen LogP contribution in [0.4, 0.5) is 0 Å². The summed E-state index contributed by atoms with van der Waals surface area (Å²) in [5.74, 6) is 1.58. The highest BCUT2D eigenvalue weighted by Gasteiger charge is 2.16. The summed E-state index contributed by atoms with van der Waals surface area (Å²) in [6, 6.07) is 19.2. The molecule has 5 heteroatoms. The Kier molecular flexibility index (Phi) is 8.37. The average Bonchev–Trinajstić information content (AvgIpc) is 2.85. The molecule has 0 spiro atoms. The third-order valence-electron chi connectivity index (χ3n) is 5.33. The van der Waals surface area contributed by atoms with Crippen LogP contribution in [0.5, 0.6) is 11.5 Å². The number of rotatable bonds is 9. The molecule has 3 aromatic rings. The van der Waals surface area contributed by atoms with Crippen molar-refractivity contribution in [1.29, 1.82) is 5.26 Å². The molecule has 0 N–H and O–H groups in total. The highest BCUT2D eigenvalue weighted by molar-refractivity contribution is 5.83. The van der Waals surface area contributed by atoms with E-state index in [1.807, 2.05) is 79.7 Å². The Labute approximate surface area is 201 Å². The summed E-state index contributed by atoms with van der Waals surface area (Å²) in [7, 11) is 0. The van der Waals surface area contributed by atoms with Crippen molar-refractivity contribution in [1.82, 2.24) is 9.55 Å². The second-order valence-corrected chi connectivity index (χ2v) is 7.89. The zero-order chi connectivity index (χ0) is 24.5. The molecule has 0 aliphatic heterocycles. The van der Waals surface area contributed by atoms with Crippen LogP contribution in [0.15, 0.2) is 89.8 Å². The lowest BCUT2D eigenvalue weighted by Crippen LogP contribution is -2.27. The number of nitrogens with zero attached hydrogens (tertiary/aromatic N) is 3. The van der Waals surface area contributed by atoms with Gasteiger partial charge in [-0.3, -0.25) is 9.36 Å². The first-order chi connectivity index (χ1) is 16.5. The van der Waals surface area contributed by atoms with Crippen molar-refractivity contribution in [3.8, 4) is 17.6 Å². The van der Waals surface area contributed by atoms with E-state index in [1.165, 1.54) is 0 Å². The molecule has 0 atom stereocenters. The molecule has 0 saturated heterocycles. The van der Waals surface area contributed by atoms with Crippen LogP contribution in [0, 0.1) is 18.3 Å². The molecule has 5 nitrogen and oxygen atoms in total. The third kappa shape index (κ3) is 5.79. The standard InChI is InChI=1S/C29H29N3O2/c1-5-7-14-26(21(3)19-30)24-17-15-23(16-18-24)20-32-27(11-6-2)31-22(4)28(29(32)33)34-25-12-9-8-10-13-25/h5,7-10,12-18H,3,6,11,20H2,1-2,4H3/b7-5-,26-14+. The Morgan fingerprint density at radius 1 is 1.18 bits per heavy atom. The first kappa shape index (κ1) is 24.5. The maximum atomic E-state index is 13.4. The molecular formula is C29H29N3O2. The molecular weight excluding hydrogens is 422 g/mol. The van der Waals surface area contributed by atoms with Crippen LogP contribution >= 0.6 is 0 Å². The van der Waals surface area contributed by atoms with E-state index >= 15 is 0 Å². The van der Waals surface area contributed by atoms with E-state index in [2.05, 4.69) is 19.6 Å². The maximum Gasteiger partial charge on any atom is 0.297 e. The van der Waals surface area contributed by atoms with Gasteiger partial charge in [0.15, 0.2) is 0 Å². The monoisotopic (exact) mass is 451 g/mol. The second kappa shape index (κ2) is 11.6. The van der Waals surface area contributed by atoms with Gasteiger partial charge in [-0.2, -0.15) is 5.26 Å². The van der Waals surface area contributed by atoms with Crippen LogP contribution in [0.2, 0.25) is 0 Å². The van der Waals surface area contributed by atoms with E-state index in [1.54, 1.807) is 11.5 Å². The number of ether oxygens (including phenoxy) is 1. The molecule has 0 fully saturated rings. The fraction of sp³-hybridized carbons (Fsp3) is 0.207. The maximum absolute atomic E-state index is 13.4. The van der Waals surface area contributed by atoms with Crippen molar-refractivity contribution in [3.63, 3.8) is 0 Å². The summed E-state index contributed by atoms with van der Waals surface area (Å²) in [6.45, 7) is 10.0. The normalized spacial score (nSPS) is 11.4. The number of benzene rings is 2. The topological polar surface area (TPSA) is 67.9 Å². The second-order valence-electron chi connectivity index (χ2n) is 7.89. The van der Waals surface area contributed by atoms with Gasteiger partial charge in [-0.1, -0.05) is 74.2 Å². The molecule has 0 aliphatic carbocycles. The molecule has 0 bridgehead atoms. The molecule has 0 radical (unpaired) electrons. The molecule has 0 saturated carbocycles. The summed E-state index contributed by atoms with van der Waals surface area (Å²) in [4.78, 5) is 18.2. The predicted octanol–water partition coefficient (Wildman–Crippen LogP) is 6.38. The van der Waals surface area contributed by atoms with E-state index in [0.29, 0.717) is 30.0 Å². The number of aromatic nitrogens is 2. The summed E-state index contributed by atoms with van der Waals surface area (Å²) >= 11 is 0. The Hall–Kier alpha value is -4.17. The molecule has 1 aromatic heterocycles. The SMILES string of the molecule is C=C(C#N)/C(=C\C=C/C)c1ccc(Cn2c(CCC)nc(C)c(Oc3ccccc3)c2=O)cc1. The number of para-hydroxylation sites is 1. The van der Waals surface area contributed by atoms with Gasteiger partial charge in [0.1, 0.15) is 11.6 Å². The lowest BCUT2D eigenvalue weighted by atomic mass is 9.98. The smallest absolute Gasteiger partial charge is 0.297 e. The summed E-state index contributed by atoms with van der Waals surface area (Å²) in [6.07, 6.45) is 7.23. The van der Waals surface area contributed by atoms with Gasteiger partial charge in [-0.05, 0) is 49.1 Å². The van der Waals surface area contributed by atoms with E-state index < -0.39 is 0 Å². The number of allylic oxidation sites excluding steroid dienone is 5. The van der Waals surface area contributed by atoms with E-state index in [4.69, 9.17) is 9.72 Å². The van der Waals surface area contributed by atoms with Gasteiger partial charge >= 0.3 is 0 Å². The average molecular weight is 452 g/mol. The fourth-order valence-electron chi connectivity index (χ4n) is 3.60. The van der Waals surface area contributed by atoms with Crippen LogP contribution in [-0.2, 0) is 13.0 Å². The Morgan fingerprint density at radius 3 is 2.50 bits per heavy atom. The quantitative estimate of drug-likeness (QED) is 0.279. The van der Waals surface area contributed by atoms with E-state index in [-0.39, 0.29) is 11.3 Å². The van der Waals surface area contributed by atoms with Gasteiger partial charge < -0.3 is 4.74 Å². The van der Waals surface area contributed by atoms with E-state index in [0.717, 1.165) is 28.9 Å². The summed E-state index contributed by atoms with van der Waals surface area (Å²) in [5, 5.41) is 9.31. The Morgan fingerprint density at radius 2 is 1.88 bits per heavy atom. The van der Waals surface area contributed by atoms with Crippen LogP contribution in [0.1, 0.15) is 42.9 Å². The number of nitriles is 1. The molecule has 0 aliphatic rings.